The number of hydrogen-bond donors (Lipinski definition) is 0. The Balaban J connectivity index is 1.06. The summed E-state index contributed by atoms with van der Waals surface area (Å²) in [5, 5.41) is 8.91. The normalized spacial score (nSPS) is 26.4. The predicted octanol–water partition coefficient (Wildman–Crippen LogP) is 4.93. The fraction of sp³-hybridized carbons (Fsp3) is 0.680. The van der Waals surface area contributed by atoms with Crippen molar-refractivity contribution in [1.82, 2.24) is 19.7 Å². The summed E-state index contributed by atoms with van der Waals surface area (Å²) in [6.07, 6.45) is 3.19. The molecule has 0 amide bonds. The molecule has 2 saturated heterocycles. The topological polar surface area (TPSA) is 43.2 Å². The highest BCUT2D eigenvalue weighted by Crippen LogP contribution is 2.64. The Morgan fingerprint density at radius 1 is 1.09 bits per heavy atom. The van der Waals surface area contributed by atoms with Crippen molar-refractivity contribution in [3.05, 3.63) is 47.0 Å². The second-order valence-electron chi connectivity index (χ2n) is 10.1. The van der Waals surface area contributed by atoms with Crippen LogP contribution in [0, 0.1) is 5.41 Å². The molecule has 1 spiro atoms. The number of hydrogen-bond acceptors (Lipinski definition) is 4. The molecular weight excluding hydrogens is 429 g/mol. The van der Waals surface area contributed by atoms with Gasteiger partial charge < -0.3 is 14.2 Å². The van der Waals surface area contributed by atoms with E-state index in [2.05, 4.69) is 26.7 Å². The summed E-state index contributed by atoms with van der Waals surface area (Å²) >= 11 is 0. The molecule has 0 bridgehead atoms. The van der Waals surface area contributed by atoms with Crippen molar-refractivity contribution in [1.29, 1.82) is 0 Å². The van der Waals surface area contributed by atoms with Gasteiger partial charge >= 0.3 is 6.18 Å². The number of rotatable bonds is 7. The van der Waals surface area contributed by atoms with E-state index in [1.54, 1.807) is 12.1 Å². The summed E-state index contributed by atoms with van der Waals surface area (Å²) in [7, 11) is 2.08. The molecule has 8 heteroatoms. The molecule has 2 aromatic rings. The first-order valence-electron chi connectivity index (χ1n) is 12.2. The van der Waals surface area contributed by atoms with E-state index in [9.17, 15) is 13.2 Å². The van der Waals surface area contributed by atoms with Crippen LogP contribution < -0.4 is 0 Å². The summed E-state index contributed by atoms with van der Waals surface area (Å²) in [6.45, 7) is 4.85. The fourth-order valence-electron chi connectivity index (χ4n) is 5.87. The molecule has 5 nitrogen and oxygen atoms in total. The summed E-state index contributed by atoms with van der Waals surface area (Å²) in [5.41, 5.74) is 0.784. The lowest BCUT2D eigenvalue weighted by molar-refractivity contribution is -0.137. The average molecular weight is 463 g/mol. The van der Waals surface area contributed by atoms with Crippen molar-refractivity contribution in [3.8, 4) is 0 Å². The van der Waals surface area contributed by atoms with Gasteiger partial charge in [-0.25, -0.2) is 0 Å². The van der Waals surface area contributed by atoms with Gasteiger partial charge in [0.05, 0.1) is 5.56 Å². The van der Waals surface area contributed by atoms with Crippen molar-refractivity contribution in [2.24, 2.45) is 12.5 Å². The highest BCUT2D eigenvalue weighted by Gasteiger charge is 2.57. The number of alkyl halides is 3. The number of nitrogens with zero attached hydrogens (tertiary/aromatic N) is 4. The molecule has 180 valence electrons. The van der Waals surface area contributed by atoms with Crippen LogP contribution in [0.4, 0.5) is 13.2 Å². The van der Waals surface area contributed by atoms with E-state index in [0.717, 1.165) is 95.0 Å². The maximum atomic E-state index is 12.8. The van der Waals surface area contributed by atoms with E-state index >= 15 is 0 Å². The van der Waals surface area contributed by atoms with Crippen molar-refractivity contribution < 1.29 is 17.9 Å². The standard InChI is InChI=1S/C25H33F3N4O/c1-31-22(29-30-23(31)19-9-14-33-15-10-19)4-2-3-12-32-13-11-24(17-32)16-21(24)18-5-7-20(8-6-18)25(26,27)28/h5-8,19,21H,2-4,9-17H2,1H3. The zero-order valence-electron chi connectivity index (χ0n) is 19.3. The lowest BCUT2D eigenvalue weighted by Gasteiger charge is -2.21. The van der Waals surface area contributed by atoms with Gasteiger partial charge in [-0.3, -0.25) is 0 Å². The highest BCUT2D eigenvalue weighted by atomic mass is 19.4. The third-order valence-electron chi connectivity index (χ3n) is 8.00. The molecule has 3 heterocycles. The van der Waals surface area contributed by atoms with Crippen molar-refractivity contribution in [2.75, 3.05) is 32.8 Å². The Morgan fingerprint density at radius 2 is 1.85 bits per heavy atom. The summed E-state index contributed by atoms with van der Waals surface area (Å²) < 4.78 is 46.1. The number of benzene rings is 1. The van der Waals surface area contributed by atoms with E-state index in [4.69, 9.17) is 4.74 Å². The molecule has 2 unspecified atom stereocenters. The SMILES string of the molecule is Cn1c(CCCCN2CCC3(CC3c3ccc(C(F)(F)F)cc3)C2)nnc1C1CCOCC1. The van der Waals surface area contributed by atoms with Crippen LogP contribution in [-0.2, 0) is 24.4 Å². The quantitative estimate of drug-likeness (QED) is 0.548. The number of aryl methyl sites for hydroxylation is 1. The highest BCUT2D eigenvalue weighted by molar-refractivity contribution is 5.34. The molecule has 0 radical (unpaired) electrons. The first-order valence-corrected chi connectivity index (χ1v) is 12.2. The first-order chi connectivity index (χ1) is 15.9. The number of unbranched alkanes of at least 4 members (excludes halogenated alkanes) is 1. The van der Waals surface area contributed by atoms with Crippen LogP contribution in [-0.4, -0.2) is 52.5 Å². The van der Waals surface area contributed by atoms with Gasteiger partial charge in [-0.05, 0) is 80.6 Å². The van der Waals surface area contributed by atoms with Crippen molar-refractivity contribution in [3.63, 3.8) is 0 Å². The second kappa shape index (κ2) is 9.02. The summed E-state index contributed by atoms with van der Waals surface area (Å²) in [6, 6.07) is 5.82. The summed E-state index contributed by atoms with van der Waals surface area (Å²) in [4.78, 5) is 2.54. The Bertz CT molecular complexity index is 952. The van der Waals surface area contributed by atoms with Gasteiger partial charge in [0.2, 0.25) is 0 Å². The Kier molecular flexibility index (Phi) is 6.25. The van der Waals surface area contributed by atoms with Gasteiger partial charge in [0.25, 0.3) is 0 Å². The predicted molar refractivity (Wildman–Crippen MR) is 119 cm³/mol. The molecule has 3 fully saturated rings. The smallest absolute Gasteiger partial charge is 0.381 e. The first kappa shape index (κ1) is 22.8. The largest absolute Gasteiger partial charge is 0.416 e. The van der Waals surface area contributed by atoms with Gasteiger partial charge in [-0.15, -0.1) is 10.2 Å². The van der Waals surface area contributed by atoms with Crippen LogP contribution in [0.2, 0.25) is 0 Å². The van der Waals surface area contributed by atoms with Crippen LogP contribution >= 0.6 is 0 Å². The van der Waals surface area contributed by atoms with Gasteiger partial charge in [-0.2, -0.15) is 13.2 Å². The Hall–Kier alpha value is -1.93. The van der Waals surface area contributed by atoms with Crippen molar-refractivity contribution in [2.45, 2.75) is 63.0 Å². The molecule has 2 atom stereocenters. The van der Waals surface area contributed by atoms with Gasteiger partial charge in [-0.1, -0.05) is 12.1 Å². The maximum Gasteiger partial charge on any atom is 0.416 e. The molecule has 1 aliphatic carbocycles. The van der Waals surface area contributed by atoms with Crippen LogP contribution in [0.25, 0.3) is 0 Å². The third kappa shape index (κ3) is 4.83. The lowest BCUT2D eigenvalue weighted by atomic mass is 9.97. The molecular formula is C25H33F3N4O. The Morgan fingerprint density at radius 3 is 2.58 bits per heavy atom. The fourth-order valence-corrected chi connectivity index (χ4v) is 5.87. The lowest BCUT2D eigenvalue weighted by Crippen LogP contribution is -2.23. The van der Waals surface area contributed by atoms with Gasteiger partial charge in [0, 0.05) is 39.1 Å². The maximum absolute atomic E-state index is 12.8. The molecule has 33 heavy (non-hydrogen) atoms. The minimum absolute atomic E-state index is 0.280. The van der Waals surface area contributed by atoms with Gasteiger partial charge in [0.1, 0.15) is 11.6 Å². The zero-order chi connectivity index (χ0) is 23.1. The molecule has 2 aliphatic heterocycles. The second-order valence-corrected chi connectivity index (χ2v) is 10.1. The van der Waals surface area contributed by atoms with Crippen LogP contribution in [0.3, 0.4) is 0 Å². The van der Waals surface area contributed by atoms with Gasteiger partial charge in [0.15, 0.2) is 0 Å². The summed E-state index contributed by atoms with van der Waals surface area (Å²) in [5.74, 6) is 3.03. The Labute approximate surface area is 193 Å². The van der Waals surface area contributed by atoms with Crippen LogP contribution in [0.1, 0.15) is 73.1 Å². The van der Waals surface area contributed by atoms with E-state index in [-0.39, 0.29) is 5.41 Å². The van der Waals surface area contributed by atoms with Crippen LogP contribution in [0.5, 0.6) is 0 Å². The molecule has 1 aromatic carbocycles. The van der Waals surface area contributed by atoms with E-state index in [1.165, 1.54) is 12.1 Å². The van der Waals surface area contributed by atoms with E-state index < -0.39 is 11.7 Å². The number of likely N-dealkylation sites (tertiary alicyclic amines) is 1. The van der Waals surface area contributed by atoms with Crippen molar-refractivity contribution >= 4 is 0 Å². The van der Waals surface area contributed by atoms with E-state index in [1.807, 2.05) is 0 Å². The van der Waals surface area contributed by atoms with E-state index in [0.29, 0.717) is 11.8 Å². The molecule has 3 aliphatic rings. The minimum atomic E-state index is -4.26. The zero-order valence-corrected chi connectivity index (χ0v) is 19.3. The minimum Gasteiger partial charge on any atom is -0.381 e. The number of aromatic nitrogens is 3. The molecule has 0 N–H and O–H groups in total. The molecule has 5 rings (SSSR count). The van der Waals surface area contributed by atoms with Crippen LogP contribution in [0.15, 0.2) is 24.3 Å². The molecule has 1 saturated carbocycles. The third-order valence-corrected chi connectivity index (χ3v) is 8.00. The monoisotopic (exact) mass is 462 g/mol. The molecule has 1 aromatic heterocycles. The number of halogens is 3. The number of ether oxygens (including phenoxy) is 1. The average Bonchev–Trinajstić information content (AvgIpc) is 3.15.